The number of nitrogens with zero attached hydrogens (tertiary/aromatic N) is 4. The van der Waals surface area contributed by atoms with E-state index in [0.29, 0.717) is 29.9 Å². The van der Waals surface area contributed by atoms with Crippen LogP contribution >= 0.6 is 0 Å². The number of aromatic nitrogens is 2. The summed E-state index contributed by atoms with van der Waals surface area (Å²) in [6.45, 7) is 1.26. The fourth-order valence-corrected chi connectivity index (χ4v) is 4.14. The number of amides is 1. The van der Waals surface area contributed by atoms with Gasteiger partial charge in [0, 0.05) is 38.0 Å². The van der Waals surface area contributed by atoms with Gasteiger partial charge in [-0.15, -0.1) is 4.40 Å². The molecule has 2 aromatic rings. The molecule has 150 valence electrons. The van der Waals surface area contributed by atoms with E-state index >= 15 is 0 Å². The van der Waals surface area contributed by atoms with E-state index in [1.54, 1.807) is 43.3 Å². The highest BCUT2D eigenvalue weighted by Crippen LogP contribution is 2.31. The van der Waals surface area contributed by atoms with Crippen LogP contribution < -0.4 is 5.73 Å². The molecule has 0 bridgehead atoms. The molecule has 10 heteroatoms. The number of primary amides is 1. The van der Waals surface area contributed by atoms with Gasteiger partial charge < -0.3 is 15.4 Å². The number of hydrogen-bond donors (Lipinski definition) is 1. The molecule has 0 saturated carbocycles. The van der Waals surface area contributed by atoms with Gasteiger partial charge in [0.15, 0.2) is 0 Å². The van der Waals surface area contributed by atoms with Crippen LogP contribution in [0.15, 0.2) is 39.9 Å². The monoisotopic (exact) mass is 405 g/mol. The first kappa shape index (κ1) is 20.0. The molecule has 1 unspecified atom stereocenters. The summed E-state index contributed by atoms with van der Waals surface area (Å²) >= 11 is 0. The lowest BCUT2D eigenvalue weighted by molar-refractivity contribution is -0.117. The van der Waals surface area contributed by atoms with E-state index in [0.717, 1.165) is 6.42 Å². The van der Waals surface area contributed by atoms with Crippen molar-refractivity contribution >= 4 is 22.3 Å². The van der Waals surface area contributed by atoms with Gasteiger partial charge in [0.05, 0.1) is 30.2 Å². The fourth-order valence-electron chi connectivity index (χ4n) is 2.95. The van der Waals surface area contributed by atoms with Gasteiger partial charge in [-0.3, -0.25) is 9.48 Å². The third-order valence-corrected chi connectivity index (χ3v) is 5.58. The SMILES string of the molecule is CN(C)C=NS(=O)(=O)c1cc(CC(N)=O)ccc1-c1cnn(C2CCOC2)c1. The van der Waals surface area contributed by atoms with Crippen molar-refractivity contribution in [3.05, 3.63) is 36.2 Å². The van der Waals surface area contributed by atoms with Crippen LogP contribution in [-0.4, -0.2) is 62.7 Å². The van der Waals surface area contributed by atoms with E-state index in [9.17, 15) is 13.2 Å². The second-order valence-electron chi connectivity index (χ2n) is 6.86. The van der Waals surface area contributed by atoms with E-state index in [4.69, 9.17) is 10.5 Å². The molecule has 0 spiro atoms. The van der Waals surface area contributed by atoms with Gasteiger partial charge in [0.2, 0.25) is 5.91 Å². The van der Waals surface area contributed by atoms with Crippen LogP contribution in [0.4, 0.5) is 0 Å². The van der Waals surface area contributed by atoms with Gasteiger partial charge >= 0.3 is 0 Å². The Morgan fingerprint density at radius 1 is 1.46 bits per heavy atom. The lowest BCUT2D eigenvalue weighted by Crippen LogP contribution is -2.14. The first-order valence-corrected chi connectivity index (χ1v) is 10.2. The molecule has 28 heavy (non-hydrogen) atoms. The van der Waals surface area contributed by atoms with Crippen LogP contribution in [0, 0.1) is 0 Å². The predicted octanol–water partition coefficient (Wildman–Crippen LogP) is 0.818. The second kappa shape index (κ2) is 8.11. The number of sulfonamides is 1. The summed E-state index contributed by atoms with van der Waals surface area (Å²) in [5, 5.41) is 4.36. The fraction of sp³-hybridized carbons (Fsp3) is 0.389. The Bertz CT molecular complexity index is 991. The lowest BCUT2D eigenvalue weighted by atomic mass is 10.1. The third kappa shape index (κ3) is 4.57. The Kier molecular flexibility index (Phi) is 5.80. The van der Waals surface area contributed by atoms with Gasteiger partial charge in [-0.2, -0.15) is 13.5 Å². The largest absolute Gasteiger partial charge is 0.379 e. The minimum absolute atomic E-state index is 0.00609. The van der Waals surface area contributed by atoms with Crippen molar-refractivity contribution in [1.29, 1.82) is 0 Å². The summed E-state index contributed by atoms with van der Waals surface area (Å²) in [4.78, 5) is 12.8. The van der Waals surface area contributed by atoms with Crippen molar-refractivity contribution in [3.8, 4) is 11.1 Å². The first-order chi connectivity index (χ1) is 13.3. The molecule has 2 heterocycles. The van der Waals surface area contributed by atoms with Crippen molar-refractivity contribution in [1.82, 2.24) is 14.7 Å². The van der Waals surface area contributed by atoms with Crippen molar-refractivity contribution in [2.24, 2.45) is 10.1 Å². The van der Waals surface area contributed by atoms with Crippen molar-refractivity contribution in [3.63, 3.8) is 0 Å². The molecule has 1 atom stereocenters. The quantitative estimate of drug-likeness (QED) is 0.538. The van der Waals surface area contributed by atoms with Crippen LogP contribution in [-0.2, 0) is 26.0 Å². The maximum Gasteiger partial charge on any atom is 0.284 e. The minimum Gasteiger partial charge on any atom is -0.379 e. The molecule has 1 amide bonds. The van der Waals surface area contributed by atoms with Crippen LogP contribution in [0.3, 0.4) is 0 Å². The lowest BCUT2D eigenvalue weighted by Gasteiger charge is -2.10. The Labute approximate surface area is 163 Å². The first-order valence-electron chi connectivity index (χ1n) is 8.76. The molecule has 9 nitrogen and oxygen atoms in total. The number of hydrogen-bond acceptors (Lipinski definition) is 5. The van der Waals surface area contributed by atoms with E-state index < -0.39 is 15.9 Å². The smallest absolute Gasteiger partial charge is 0.284 e. The molecule has 1 aliphatic rings. The summed E-state index contributed by atoms with van der Waals surface area (Å²) in [5.74, 6) is -0.540. The summed E-state index contributed by atoms with van der Waals surface area (Å²) in [6.07, 6.45) is 5.45. The molecule has 1 fully saturated rings. The third-order valence-electron chi connectivity index (χ3n) is 4.31. The van der Waals surface area contributed by atoms with E-state index in [1.165, 1.54) is 17.3 Å². The van der Waals surface area contributed by atoms with Crippen molar-refractivity contribution < 1.29 is 17.9 Å². The Morgan fingerprint density at radius 3 is 2.89 bits per heavy atom. The number of ether oxygens (including phenoxy) is 1. The zero-order valence-electron chi connectivity index (χ0n) is 15.8. The molecule has 0 radical (unpaired) electrons. The molecule has 3 rings (SSSR count). The number of rotatable bonds is 7. The zero-order valence-corrected chi connectivity index (χ0v) is 16.6. The molecule has 1 aromatic heterocycles. The summed E-state index contributed by atoms with van der Waals surface area (Å²) in [7, 11) is -0.633. The number of carbonyl (C=O) groups excluding carboxylic acids is 1. The topological polar surface area (TPSA) is 120 Å². The van der Waals surface area contributed by atoms with E-state index in [2.05, 4.69) is 9.50 Å². The van der Waals surface area contributed by atoms with Crippen molar-refractivity contribution in [2.75, 3.05) is 27.3 Å². The van der Waals surface area contributed by atoms with Gasteiger partial charge in [0.1, 0.15) is 6.34 Å². The summed E-state index contributed by atoms with van der Waals surface area (Å²) < 4.78 is 36.6. The highest BCUT2D eigenvalue weighted by Gasteiger charge is 2.23. The average molecular weight is 405 g/mol. The highest BCUT2D eigenvalue weighted by molar-refractivity contribution is 7.90. The molecular formula is C18H23N5O4S. The molecule has 1 aromatic carbocycles. The van der Waals surface area contributed by atoms with Crippen LogP contribution in [0.1, 0.15) is 18.0 Å². The zero-order chi connectivity index (χ0) is 20.3. The van der Waals surface area contributed by atoms with Crippen molar-refractivity contribution in [2.45, 2.75) is 23.8 Å². The Balaban J connectivity index is 2.06. The van der Waals surface area contributed by atoms with Crippen LogP contribution in [0.5, 0.6) is 0 Å². The summed E-state index contributed by atoms with van der Waals surface area (Å²) in [5.41, 5.74) is 6.88. The Morgan fingerprint density at radius 2 is 2.25 bits per heavy atom. The highest BCUT2D eigenvalue weighted by atomic mass is 32.2. The second-order valence-corrected chi connectivity index (χ2v) is 8.46. The molecule has 1 aliphatic heterocycles. The normalized spacial score (nSPS) is 17.3. The number of carbonyl (C=O) groups is 1. The molecule has 2 N–H and O–H groups in total. The van der Waals surface area contributed by atoms with Gasteiger partial charge in [0.25, 0.3) is 10.0 Å². The van der Waals surface area contributed by atoms with Crippen LogP contribution in [0.2, 0.25) is 0 Å². The maximum atomic E-state index is 12.8. The standard InChI is InChI=1S/C18H23N5O4S/c1-22(2)12-21-28(25,26)17-7-13(8-18(19)24)3-4-16(17)14-9-20-23(10-14)15-5-6-27-11-15/h3-4,7,9-10,12,15H,5-6,8,11H2,1-2H3,(H2,19,24). The number of nitrogens with two attached hydrogens (primary N) is 1. The van der Waals surface area contributed by atoms with Gasteiger partial charge in [-0.1, -0.05) is 12.1 Å². The predicted molar refractivity (Wildman–Crippen MR) is 104 cm³/mol. The molecule has 0 aliphatic carbocycles. The van der Waals surface area contributed by atoms with Crippen LogP contribution in [0.25, 0.3) is 11.1 Å². The molecular weight excluding hydrogens is 382 g/mol. The molecule has 1 saturated heterocycles. The van der Waals surface area contributed by atoms with Gasteiger partial charge in [-0.05, 0) is 18.1 Å². The maximum absolute atomic E-state index is 12.8. The van der Waals surface area contributed by atoms with Gasteiger partial charge in [-0.25, -0.2) is 0 Å². The van der Waals surface area contributed by atoms with E-state index in [1.807, 2.05) is 0 Å². The van der Waals surface area contributed by atoms with E-state index in [-0.39, 0.29) is 17.4 Å². The number of benzene rings is 1. The minimum atomic E-state index is -3.99. The average Bonchev–Trinajstić information content (AvgIpc) is 3.31. The summed E-state index contributed by atoms with van der Waals surface area (Å²) in [6, 6.07) is 4.92. The Hall–Kier alpha value is -2.72.